The summed E-state index contributed by atoms with van der Waals surface area (Å²) in [7, 11) is -8.09. The first kappa shape index (κ1) is 22.5. The fraction of sp³-hybridized carbons (Fsp3) is 0.333. The van der Waals surface area contributed by atoms with Crippen LogP contribution in [0.3, 0.4) is 0 Å². The fourth-order valence-corrected chi connectivity index (χ4v) is 6.64. The molecule has 0 saturated carbocycles. The fourth-order valence-electron chi connectivity index (χ4n) is 3.24. The standard InChI is InChI=1S/C18H20ClN3O6S2/c1-12-9-15(22(23)24)11-17(13(12)2)29(25,26)20-14-5-6-16(19)18(10-14)30(27,28)21-7-3-4-8-21/h5-6,9-11,20H,3-4,7-8H2,1-2H3. The number of nitrogens with one attached hydrogen (secondary N) is 1. The molecule has 0 unspecified atom stereocenters. The highest BCUT2D eigenvalue weighted by atomic mass is 35.5. The lowest BCUT2D eigenvalue weighted by atomic mass is 10.1. The van der Waals surface area contributed by atoms with Gasteiger partial charge in [-0.25, -0.2) is 16.8 Å². The molecule has 0 spiro atoms. The molecule has 1 aliphatic rings. The van der Waals surface area contributed by atoms with Gasteiger partial charge >= 0.3 is 0 Å². The summed E-state index contributed by atoms with van der Waals surface area (Å²) in [6, 6.07) is 6.06. The molecule has 1 saturated heterocycles. The van der Waals surface area contributed by atoms with Crippen LogP contribution in [0.4, 0.5) is 11.4 Å². The number of hydrogen-bond donors (Lipinski definition) is 1. The normalized spacial score (nSPS) is 15.3. The molecule has 2 aromatic rings. The molecule has 1 N–H and O–H groups in total. The number of rotatable bonds is 6. The molecule has 1 fully saturated rings. The average Bonchev–Trinajstić information content (AvgIpc) is 3.20. The molecule has 1 aliphatic heterocycles. The number of anilines is 1. The molecule has 162 valence electrons. The van der Waals surface area contributed by atoms with E-state index in [4.69, 9.17) is 11.6 Å². The molecule has 1 heterocycles. The van der Waals surface area contributed by atoms with Crippen LogP contribution in [-0.4, -0.2) is 39.2 Å². The van der Waals surface area contributed by atoms with Gasteiger partial charge in [-0.2, -0.15) is 4.31 Å². The second kappa shape index (κ2) is 8.14. The molecule has 30 heavy (non-hydrogen) atoms. The van der Waals surface area contributed by atoms with Crippen LogP contribution < -0.4 is 4.72 Å². The zero-order valence-corrected chi connectivity index (χ0v) is 18.6. The second-order valence-electron chi connectivity index (χ2n) is 7.00. The monoisotopic (exact) mass is 473 g/mol. The summed E-state index contributed by atoms with van der Waals surface area (Å²) < 4.78 is 55.2. The van der Waals surface area contributed by atoms with Gasteiger partial charge in [-0.15, -0.1) is 0 Å². The Labute approximate surface area is 179 Å². The van der Waals surface area contributed by atoms with E-state index in [0.717, 1.165) is 25.0 Å². The molecular formula is C18H20ClN3O6S2. The van der Waals surface area contributed by atoms with E-state index in [1.807, 2.05) is 0 Å². The summed E-state index contributed by atoms with van der Waals surface area (Å²) in [5.41, 5.74) is 0.428. The first-order chi connectivity index (χ1) is 13.9. The van der Waals surface area contributed by atoms with Gasteiger partial charge in [0.1, 0.15) is 4.90 Å². The van der Waals surface area contributed by atoms with Crippen LogP contribution in [0.5, 0.6) is 0 Å². The van der Waals surface area contributed by atoms with Crippen molar-refractivity contribution < 1.29 is 21.8 Å². The van der Waals surface area contributed by atoms with Gasteiger partial charge in [0.15, 0.2) is 0 Å². The smallest absolute Gasteiger partial charge is 0.271 e. The van der Waals surface area contributed by atoms with Crippen molar-refractivity contribution in [3.63, 3.8) is 0 Å². The number of nitro benzene ring substituents is 1. The van der Waals surface area contributed by atoms with E-state index < -0.39 is 25.0 Å². The van der Waals surface area contributed by atoms with Gasteiger partial charge in [0.25, 0.3) is 15.7 Å². The third-order valence-electron chi connectivity index (χ3n) is 4.97. The maximum atomic E-state index is 12.9. The molecule has 2 aromatic carbocycles. The molecule has 0 atom stereocenters. The predicted octanol–water partition coefficient (Wildman–Crippen LogP) is 3.45. The van der Waals surface area contributed by atoms with Gasteiger partial charge in [-0.1, -0.05) is 11.6 Å². The largest absolute Gasteiger partial charge is 0.280 e. The van der Waals surface area contributed by atoms with Crippen LogP contribution in [0.2, 0.25) is 5.02 Å². The number of sulfonamides is 2. The van der Waals surface area contributed by atoms with Gasteiger partial charge in [0.2, 0.25) is 10.0 Å². The predicted molar refractivity (Wildman–Crippen MR) is 113 cm³/mol. The molecule has 0 radical (unpaired) electrons. The first-order valence-electron chi connectivity index (χ1n) is 9.01. The van der Waals surface area contributed by atoms with Crippen molar-refractivity contribution in [1.82, 2.24) is 4.31 Å². The van der Waals surface area contributed by atoms with Crippen molar-refractivity contribution in [2.75, 3.05) is 17.8 Å². The maximum Gasteiger partial charge on any atom is 0.271 e. The van der Waals surface area contributed by atoms with Crippen LogP contribution in [0.1, 0.15) is 24.0 Å². The molecule has 0 aromatic heterocycles. The van der Waals surface area contributed by atoms with Crippen molar-refractivity contribution in [1.29, 1.82) is 0 Å². The van der Waals surface area contributed by atoms with Gasteiger partial charge in [-0.3, -0.25) is 14.8 Å². The summed E-state index contributed by atoms with van der Waals surface area (Å²) in [5.74, 6) is 0. The molecule has 9 nitrogen and oxygen atoms in total. The number of benzene rings is 2. The lowest BCUT2D eigenvalue weighted by Gasteiger charge is -2.18. The molecule has 0 aliphatic carbocycles. The second-order valence-corrected chi connectivity index (χ2v) is 11.0. The van der Waals surface area contributed by atoms with Crippen molar-refractivity contribution in [2.45, 2.75) is 36.5 Å². The van der Waals surface area contributed by atoms with E-state index in [2.05, 4.69) is 4.72 Å². The number of hydrogen-bond acceptors (Lipinski definition) is 6. The quantitative estimate of drug-likeness (QED) is 0.505. The minimum Gasteiger partial charge on any atom is -0.280 e. The van der Waals surface area contributed by atoms with Gasteiger partial charge in [0.05, 0.1) is 20.5 Å². The third kappa shape index (κ3) is 4.29. The van der Waals surface area contributed by atoms with Crippen molar-refractivity contribution >= 4 is 43.0 Å². The Morgan fingerprint density at radius 3 is 2.27 bits per heavy atom. The molecule has 0 amide bonds. The third-order valence-corrected chi connectivity index (χ3v) is 8.86. The number of non-ortho nitro benzene ring substituents is 1. The van der Waals surface area contributed by atoms with Crippen LogP contribution in [0, 0.1) is 24.0 Å². The highest BCUT2D eigenvalue weighted by Crippen LogP contribution is 2.32. The van der Waals surface area contributed by atoms with Crippen LogP contribution in [0.15, 0.2) is 40.1 Å². The zero-order chi connectivity index (χ0) is 22.3. The molecule has 3 rings (SSSR count). The lowest BCUT2D eigenvalue weighted by Crippen LogP contribution is -2.28. The Morgan fingerprint density at radius 2 is 1.67 bits per heavy atom. The lowest BCUT2D eigenvalue weighted by molar-refractivity contribution is -0.385. The van der Waals surface area contributed by atoms with Crippen LogP contribution in [-0.2, 0) is 20.0 Å². The summed E-state index contributed by atoms with van der Waals surface area (Å²) in [6.07, 6.45) is 1.49. The van der Waals surface area contributed by atoms with E-state index in [1.165, 1.54) is 22.5 Å². The van der Waals surface area contributed by atoms with E-state index in [0.29, 0.717) is 24.2 Å². The summed E-state index contributed by atoms with van der Waals surface area (Å²) >= 11 is 6.09. The van der Waals surface area contributed by atoms with Crippen LogP contribution >= 0.6 is 11.6 Å². The zero-order valence-electron chi connectivity index (χ0n) is 16.3. The van der Waals surface area contributed by atoms with Gasteiger partial charge in [-0.05, 0) is 56.0 Å². The van der Waals surface area contributed by atoms with Crippen LogP contribution in [0.25, 0.3) is 0 Å². The van der Waals surface area contributed by atoms with Crippen molar-refractivity contribution in [3.8, 4) is 0 Å². The van der Waals surface area contributed by atoms with Gasteiger partial charge < -0.3 is 0 Å². The van der Waals surface area contributed by atoms with Gasteiger partial charge in [0, 0.05) is 25.2 Å². The number of aryl methyl sites for hydroxylation is 1. The highest BCUT2D eigenvalue weighted by Gasteiger charge is 2.30. The Hall–Kier alpha value is -2.21. The van der Waals surface area contributed by atoms with E-state index in [1.54, 1.807) is 13.8 Å². The first-order valence-corrected chi connectivity index (χ1v) is 12.3. The molecular weight excluding hydrogens is 454 g/mol. The molecule has 12 heteroatoms. The highest BCUT2D eigenvalue weighted by molar-refractivity contribution is 7.92. The summed E-state index contributed by atoms with van der Waals surface area (Å²) in [6.45, 7) is 3.87. The topological polar surface area (TPSA) is 127 Å². The minimum atomic E-state index is -4.22. The maximum absolute atomic E-state index is 12.9. The summed E-state index contributed by atoms with van der Waals surface area (Å²) in [4.78, 5) is 10.00. The Morgan fingerprint density at radius 1 is 1.03 bits per heavy atom. The SMILES string of the molecule is Cc1cc([N+](=O)[O-])cc(S(=O)(=O)Nc2ccc(Cl)c(S(=O)(=O)N3CCCC3)c2)c1C. The Kier molecular flexibility index (Phi) is 6.10. The summed E-state index contributed by atoms with van der Waals surface area (Å²) in [5, 5.41) is 11.1. The minimum absolute atomic E-state index is 0.0132. The number of nitro groups is 1. The van der Waals surface area contributed by atoms with E-state index in [-0.39, 0.29) is 26.2 Å². The number of halogens is 1. The van der Waals surface area contributed by atoms with Crippen molar-refractivity contribution in [2.24, 2.45) is 0 Å². The van der Waals surface area contributed by atoms with E-state index >= 15 is 0 Å². The van der Waals surface area contributed by atoms with Crippen molar-refractivity contribution in [3.05, 3.63) is 56.6 Å². The van der Waals surface area contributed by atoms with E-state index in [9.17, 15) is 26.9 Å². The Bertz CT molecular complexity index is 1220. The Balaban J connectivity index is 2.02. The average molecular weight is 474 g/mol. The number of nitrogens with zero attached hydrogens (tertiary/aromatic N) is 2. The molecule has 0 bridgehead atoms.